The number of benzene rings is 3. The number of hydrogen-bond donors (Lipinski definition) is 0. The van der Waals surface area contributed by atoms with Crippen LogP contribution < -0.4 is 0 Å². The molecule has 7 rings (SSSR count). The van der Waals surface area contributed by atoms with E-state index in [4.69, 9.17) is 0 Å². The molecule has 0 aliphatic carbocycles. The SMILES string of the molecule is O=C(c1ccncc1)N1C[C@H](CN2CCC3(CC2)CCN(Cc2ccc(Cc4ccc(Br)cc4)cc2)C3=O)[C@@H](c2ccccc2)C1. The first-order valence-electron chi connectivity index (χ1n) is 16.5. The molecule has 46 heavy (non-hydrogen) atoms. The number of piperidine rings is 1. The second-order valence-electron chi connectivity index (χ2n) is 13.4. The van der Waals surface area contributed by atoms with Crippen molar-refractivity contribution < 1.29 is 9.59 Å². The zero-order chi connectivity index (χ0) is 31.5. The van der Waals surface area contributed by atoms with Crippen molar-refractivity contribution in [2.45, 2.75) is 38.1 Å². The van der Waals surface area contributed by atoms with E-state index in [2.05, 4.69) is 110 Å². The molecule has 3 fully saturated rings. The molecule has 6 nitrogen and oxygen atoms in total. The van der Waals surface area contributed by atoms with Gasteiger partial charge in [-0.15, -0.1) is 0 Å². The van der Waals surface area contributed by atoms with Crippen LogP contribution in [0.3, 0.4) is 0 Å². The molecule has 3 aliphatic heterocycles. The molecule has 1 aromatic heterocycles. The highest BCUT2D eigenvalue weighted by Crippen LogP contribution is 2.43. The smallest absolute Gasteiger partial charge is 0.253 e. The lowest BCUT2D eigenvalue weighted by molar-refractivity contribution is -0.139. The number of aromatic nitrogens is 1. The lowest BCUT2D eigenvalue weighted by Gasteiger charge is -2.39. The van der Waals surface area contributed by atoms with E-state index in [0.717, 1.165) is 69.4 Å². The molecule has 2 amide bonds. The molecular formula is C39H41BrN4O2. The van der Waals surface area contributed by atoms with Crippen LogP contribution in [0.2, 0.25) is 0 Å². The van der Waals surface area contributed by atoms with Gasteiger partial charge in [0.1, 0.15) is 0 Å². The number of likely N-dealkylation sites (tertiary alicyclic amines) is 3. The third-order valence-electron chi connectivity index (χ3n) is 10.5. The molecule has 236 valence electrons. The largest absolute Gasteiger partial charge is 0.338 e. The number of amides is 2. The molecule has 0 saturated carbocycles. The Morgan fingerprint density at radius 3 is 2.11 bits per heavy atom. The average molecular weight is 678 g/mol. The third kappa shape index (κ3) is 6.67. The van der Waals surface area contributed by atoms with Crippen molar-refractivity contribution in [3.05, 3.63) is 136 Å². The Labute approximate surface area is 280 Å². The van der Waals surface area contributed by atoms with Crippen LogP contribution in [0.1, 0.15) is 57.8 Å². The first-order chi connectivity index (χ1) is 22.5. The first kappa shape index (κ1) is 30.8. The van der Waals surface area contributed by atoms with Gasteiger partial charge in [0.05, 0.1) is 5.41 Å². The monoisotopic (exact) mass is 676 g/mol. The average Bonchev–Trinajstić information content (AvgIpc) is 3.65. The maximum atomic E-state index is 13.8. The van der Waals surface area contributed by atoms with Gasteiger partial charge in [-0.25, -0.2) is 0 Å². The zero-order valence-corrected chi connectivity index (χ0v) is 27.8. The Morgan fingerprint density at radius 1 is 0.783 bits per heavy atom. The van der Waals surface area contributed by atoms with Gasteiger partial charge in [-0.05, 0) is 91.2 Å². The quantitative estimate of drug-likeness (QED) is 0.206. The fraction of sp³-hybridized carbons (Fsp3) is 0.359. The van der Waals surface area contributed by atoms with Crippen LogP contribution in [0.5, 0.6) is 0 Å². The summed E-state index contributed by atoms with van der Waals surface area (Å²) in [6.45, 7) is 5.81. The summed E-state index contributed by atoms with van der Waals surface area (Å²) in [6.07, 6.45) is 7.06. The summed E-state index contributed by atoms with van der Waals surface area (Å²) in [5, 5.41) is 0. The minimum atomic E-state index is -0.226. The van der Waals surface area contributed by atoms with E-state index in [1.54, 1.807) is 24.5 Å². The van der Waals surface area contributed by atoms with E-state index in [-0.39, 0.29) is 11.3 Å². The molecule has 0 unspecified atom stereocenters. The molecule has 3 aliphatic rings. The highest BCUT2D eigenvalue weighted by molar-refractivity contribution is 9.10. The van der Waals surface area contributed by atoms with Crippen molar-refractivity contribution in [3.8, 4) is 0 Å². The first-order valence-corrected chi connectivity index (χ1v) is 17.3. The van der Waals surface area contributed by atoms with Crippen molar-refractivity contribution >= 4 is 27.7 Å². The highest BCUT2D eigenvalue weighted by Gasteiger charge is 2.48. The number of rotatable bonds is 8. The summed E-state index contributed by atoms with van der Waals surface area (Å²) in [5.74, 6) is 1.07. The molecule has 0 N–H and O–H groups in total. The van der Waals surface area contributed by atoms with Gasteiger partial charge in [-0.2, -0.15) is 0 Å². The second-order valence-corrected chi connectivity index (χ2v) is 14.3. The van der Waals surface area contributed by atoms with E-state index < -0.39 is 0 Å². The zero-order valence-electron chi connectivity index (χ0n) is 26.2. The van der Waals surface area contributed by atoms with Crippen LogP contribution in [0.15, 0.2) is 108 Å². The molecule has 7 heteroatoms. The number of carbonyl (C=O) groups is 2. The summed E-state index contributed by atoms with van der Waals surface area (Å²) in [4.78, 5) is 37.9. The van der Waals surface area contributed by atoms with Gasteiger partial charge in [-0.1, -0.05) is 82.7 Å². The van der Waals surface area contributed by atoms with Gasteiger partial charge in [0.15, 0.2) is 0 Å². The van der Waals surface area contributed by atoms with Crippen LogP contribution >= 0.6 is 15.9 Å². The van der Waals surface area contributed by atoms with Crippen LogP contribution in [-0.4, -0.2) is 70.8 Å². The van der Waals surface area contributed by atoms with E-state index >= 15 is 0 Å². The van der Waals surface area contributed by atoms with E-state index in [1.807, 2.05) is 4.90 Å². The van der Waals surface area contributed by atoms with Gasteiger partial charge in [0.2, 0.25) is 5.91 Å². The van der Waals surface area contributed by atoms with Crippen LogP contribution in [0, 0.1) is 11.3 Å². The number of carbonyl (C=O) groups excluding carboxylic acids is 2. The molecular weight excluding hydrogens is 636 g/mol. The normalized spacial score (nSPS) is 21.3. The van der Waals surface area contributed by atoms with Crippen LogP contribution in [-0.2, 0) is 17.8 Å². The maximum absolute atomic E-state index is 13.8. The Balaban J connectivity index is 0.950. The number of nitrogens with zero attached hydrogens (tertiary/aromatic N) is 4. The summed E-state index contributed by atoms with van der Waals surface area (Å²) in [6, 6.07) is 31.5. The maximum Gasteiger partial charge on any atom is 0.253 e. The highest BCUT2D eigenvalue weighted by atomic mass is 79.9. The molecule has 2 atom stereocenters. The third-order valence-corrected chi connectivity index (χ3v) is 11.0. The Kier molecular flexibility index (Phi) is 9.05. The molecule has 3 aromatic carbocycles. The van der Waals surface area contributed by atoms with Gasteiger partial charge in [0, 0.05) is 61.1 Å². The van der Waals surface area contributed by atoms with Crippen molar-refractivity contribution in [3.63, 3.8) is 0 Å². The van der Waals surface area contributed by atoms with E-state index in [9.17, 15) is 9.59 Å². The molecule has 4 heterocycles. The van der Waals surface area contributed by atoms with Gasteiger partial charge < -0.3 is 14.7 Å². The van der Waals surface area contributed by atoms with Gasteiger partial charge >= 0.3 is 0 Å². The minimum absolute atomic E-state index is 0.0827. The van der Waals surface area contributed by atoms with E-state index in [1.165, 1.54) is 22.3 Å². The molecule has 1 spiro atoms. The Morgan fingerprint density at radius 2 is 1.41 bits per heavy atom. The fourth-order valence-corrected chi connectivity index (χ4v) is 8.07. The number of hydrogen-bond acceptors (Lipinski definition) is 4. The molecule has 4 aromatic rings. The van der Waals surface area contributed by atoms with E-state index in [0.29, 0.717) is 29.9 Å². The molecule has 0 bridgehead atoms. The van der Waals surface area contributed by atoms with Crippen LogP contribution in [0.25, 0.3) is 0 Å². The standard InChI is InChI=1S/C39H41BrN4O2/c40-35-12-10-30(11-13-35)24-29-6-8-31(9-7-29)25-43-23-18-39(38(43)46)16-21-42(22-17-39)26-34-27-44(37(45)33-14-19-41-20-15-33)28-36(34)32-4-2-1-3-5-32/h1-15,19-20,34,36H,16-18,21-28H2/t34-,36+/m0/s1. The summed E-state index contributed by atoms with van der Waals surface area (Å²) in [7, 11) is 0. The van der Waals surface area contributed by atoms with Crippen molar-refractivity contribution in [2.75, 3.05) is 39.3 Å². The van der Waals surface area contributed by atoms with Gasteiger partial charge in [-0.3, -0.25) is 14.6 Å². The summed E-state index contributed by atoms with van der Waals surface area (Å²) >= 11 is 3.51. The summed E-state index contributed by atoms with van der Waals surface area (Å²) < 4.78 is 1.10. The topological polar surface area (TPSA) is 56.8 Å². The van der Waals surface area contributed by atoms with Gasteiger partial charge in [0.25, 0.3) is 5.91 Å². The van der Waals surface area contributed by atoms with Crippen LogP contribution in [0.4, 0.5) is 0 Å². The van der Waals surface area contributed by atoms with Crippen molar-refractivity contribution in [1.29, 1.82) is 0 Å². The fourth-order valence-electron chi connectivity index (χ4n) is 7.80. The van der Waals surface area contributed by atoms with Crippen molar-refractivity contribution in [1.82, 2.24) is 19.7 Å². The minimum Gasteiger partial charge on any atom is -0.338 e. The number of halogens is 1. The van der Waals surface area contributed by atoms with Crippen molar-refractivity contribution in [2.24, 2.45) is 11.3 Å². The molecule has 3 saturated heterocycles. The lowest BCUT2D eigenvalue weighted by Crippen LogP contribution is -2.46. The summed E-state index contributed by atoms with van der Waals surface area (Å²) in [5.41, 5.74) is 5.54. The predicted octanol–water partition coefficient (Wildman–Crippen LogP) is 6.81. The Bertz CT molecular complexity index is 1640. The predicted molar refractivity (Wildman–Crippen MR) is 184 cm³/mol. The Hall–Kier alpha value is -3.81. The lowest BCUT2D eigenvalue weighted by atomic mass is 9.76. The molecule has 0 radical (unpaired) electrons. The second kappa shape index (κ2) is 13.5. The number of pyridine rings is 1.